The highest BCUT2D eigenvalue weighted by Gasteiger charge is 2.28. The van der Waals surface area contributed by atoms with Gasteiger partial charge in [0.25, 0.3) is 5.91 Å². The highest BCUT2D eigenvalue weighted by atomic mass is 19.1. The van der Waals surface area contributed by atoms with Crippen molar-refractivity contribution in [3.63, 3.8) is 0 Å². The topological polar surface area (TPSA) is 47.4 Å². The maximum atomic E-state index is 13.5. The molecule has 1 unspecified atom stereocenters. The second-order valence-corrected chi connectivity index (χ2v) is 6.27. The molecule has 1 aromatic carbocycles. The van der Waals surface area contributed by atoms with Crippen molar-refractivity contribution in [2.75, 3.05) is 19.7 Å². The van der Waals surface area contributed by atoms with E-state index in [2.05, 4.69) is 5.10 Å². The average molecular weight is 331 g/mol. The molecular weight excluding hydrogens is 309 g/mol. The number of amides is 1. The first-order valence-electron chi connectivity index (χ1n) is 8.22. The Balaban J connectivity index is 1.49. The Hall–Kier alpha value is -2.37. The SMILES string of the molecule is Cc1cc(C(=O)N2CCC(CCOc3ccccc3F)C2)nn1C. The van der Waals surface area contributed by atoms with E-state index < -0.39 is 0 Å². The van der Waals surface area contributed by atoms with E-state index in [0.717, 1.165) is 25.1 Å². The monoisotopic (exact) mass is 331 g/mol. The fraction of sp³-hybridized carbons (Fsp3) is 0.444. The maximum Gasteiger partial charge on any atom is 0.274 e. The van der Waals surface area contributed by atoms with Gasteiger partial charge in [0.15, 0.2) is 17.3 Å². The molecule has 1 saturated heterocycles. The number of nitrogens with zero attached hydrogens (tertiary/aromatic N) is 3. The average Bonchev–Trinajstić information content (AvgIpc) is 3.16. The predicted octanol–water partition coefficient (Wildman–Crippen LogP) is 2.80. The first kappa shape index (κ1) is 16.5. The smallest absolute Gasteiger partial charge is 0.274 e. The molecule has 128 valence electrons. The van der Waals surface area contributed by atoms with Crippen LogP contribution in [0.15, 0.2) is 30.3 Å². The molecule has 1 aliphatic rings. The molecule has 1 amide bonds. The van der Waals surface area contributed by atoms with Gasteiger partial charge in [0.05, 0.1) is 6.61 Å². The molecule has 0 bridgehead atoms. The zero-order chi connectivity index (χ0) is 17.1. The normalized spacial score (nSPS) is 17.3. The minimum absolute atomic E-state index is 0.0174. The summed E-state index contributed by atoms with van der Waals surface area (Å²) in [5.41, 5.74) is 1.46. The van der Waals surface area contributed by atoms with Crippen molar-refractivity contribution in [1.29, 1.82) is 0 Å². The van der Waals surface area contributed by atoms with Crippen LogP contribution in [0.1, 0.15) is 29.0 Å². The molecule has 1 fully saturated rings. The first-order chi connectivity index (χ1) is 11.5. The fourth-order valence-corrected chi connectivity index (χ4v) is 2.98. The van der Waals surface area contributed by atoms with Gasteiger partial charge in [-0.15, -0.1) is 0 Å². The number of benzene rings is 1. The number of carbonyl (C=O) groups excluding carboxylic acids is 1. The van der Waals surface area contributed by atoms with Gasteiger partial charge in [0.2, 0.25) is 0 Å². The molecule has 0 N–H and O–H groups in total. The molecule has 24 heavy (non-hydrogen) atoms. The molecule has 5 nitrogen and oxygen atoms in total. The lowest BCUT2D eigenvalue weighted by Gasteiger charge is -2.15. The van der Waals surface area contributed by atoms with Crippen molar-refractivity contribution in [2.24, 2.45) is 13.0 Å². The van der Waals surface area contributed by atoms with E-state index >= 15 is 0 Å². The number of hydrogen-bond donors (Lipinski definition) is 0. The molecule has 2 aromatic rings. The van der Waals surface area contributed by atoms with Crippen molar-refractivity contribution in [3.8, 4) is 5.75 Å². The van der Waals surface area contributed by atoms with Crippen molar-refractivity contribution >= 4 is 5.91 Å². The Labute approximate surface area is 141 Å². The summed E-state index contributed by atoms with van der Waals surface area (Å²) in [6.07, 6.45) is 1.75. The van der Waals surface area contributed by atoms with E-state index in [1.54, 1.807) is 22.9 Å². The summed E-state index contributed by atoms with van der Waals surface area (Å²) in [5.74, 6) is 0.306. The Bertz CT molecular complexity index is 709. The quantitative estimate of drug-likeness (QED) is 0.846. The number of rotatable bonds is 5. The number of aryl methyl sites for hydroxylation is 2. The van der Waals surface area contributed by atoms with Crippen LogP contribution >= 0.6 is 0 Å². The summed E-state index contributed by atoms with van der Waals surface area (Å²) in [5, 5.41) is 4.25. The van der Waals surface area contributed by atoms with Gasteiger partial charge in [0, 0.05) is 25.8 Å². The van der Waals surface area contributed by atoms with E-state index in [9.17, 15) is 9.18 Å². The maximum absolute atomic E-state index is 13.5. The largest absolute Gasteiger partial charge is 0.491 e. The third-order valence-electron chi connectivity index (χ3n) is 4.53. The zero-order valence-electron chi connectivity index (χ0n) is 14.0. The Morgan fingerprint density at radius 2 is 2.21 bits per heavy atom. The Morgan fingerprint density at radius 1 is 1.42 bits per heavy atom. The predicted molar refractivity (Wildman–Crippen MR) is 88.5 cm³/mol. The molecule has 0 radical (unpaired) electrons. The fourth-order valence-electron chi connectivity index (χ4n) is 2.98. The Kier molecular flexibility index (Phi) is 4.83. The highest BCUT2D eigenvalue weighted by Crippen LogP contribution is 2.22. The summed E-state index contributed by atoms with van der Waals surface area (Å²) < 4.78 is 20.7. The highest BCUT2D eigenvalue weighted by molar-refractivity contribution is 5.92. The molecule has 2 heterocycles. The summed E-state index contributed by atoms with van der Waals surface area (Å²) in [6.45, 7) is 3.82. The van der Waals surface area contributed by atoms with Gasteiger partial charge in [-0.25, -0.2) is 4.39 Å². The minimum atomic E-state index is -0.341. The molecule has 1 aliphatic heterocycles. The number of hydrogen-bond acceptors (Lipinski definition) is 3. The number of likely N-dealkylation sites (tertiary alicyclic amines) is 1. The second-order valence-electron chi connectivity index (χ2n) is 6.27. The van der Waals surface area contributed by atoms with Crippen LogP contribution in [0, 0.1) is 18.7 Å². The number of halogens is 1. The van der Waals surface area contributed by atoms with Crippen molar-refractivity contribution in [1.82, 2.24) is 14.7 Å². The van der Waals surface area contributed by atoms with Gasteiger partial charge in [-0.1, -0.05) is 12.1 Å². The van der Waals surface area contributed by atoms with E-state index in [1.807, 2.05) is 24.9 Å². The van der Waals surface area contributed by atoms with E-state index in [-0.39, 0.29) is 17.5 Å². The Morgan fingerprint density at radius 3 is 2.92 bits per heavy atom. The van der Waals surface area contributed by atoms with Crippen molar-refractivity contribution < 1.29 is 13.9 Å². The zero-order valence-corrected chi connectivity index (χ0v) is 14.0. The van der Waals surface area contributed by atoms with Crippen LogP contribution in [-0.4, -0.2) is 40.3 Å². The molecule has 1 aromatic heterocycles. The van der Waals surface area contributed by atoms with Gasteiger partial charge in [-0.3, -0.25) is 9.48 Å². The van der Waals surface area contributed by atoms with Gasteiger partial charge in [-0.05, 0) is 43.9 Å². The number of para-hydroxylation sites is 1. The van der Waals surface area contributed by atoms with E-state index in [1.165, 1.54) is 6.07 Å². The molecule has 3 rings (SSSR count). The van der Waals surface area contributed by atoms with Crippen LogP contribution in [0.3, 0.4) is 0 Å². The summed E-state index contributed by atoms with van der Waals surface area (Å²) >= 11 is 0. The number of aromatic nitrogens is 2. The van der Waals surface area contributed by atoms with Crippen molar-refractivity contribution in [2.45, 2.75) is 19.8 Å². The van der Waals surface area contributed by atoms with E-state index in [0.29, 0.717) is 24.8 Å². The van der Waals surface area contributed by atoms with Gasteiger partial charge >= 0.3 is 0 Å². The molecule has 1 atom stereocenters. The van der Waals surface area contributed by atoms with Crippen LogP contribution in [0.2, 0.25) is 0 Å². The summed E-state index contributed by atoms with van der Waals surface area (Å²) in [4.78, 5) is 14.3. The van der Waals surface area contributed by atoms with Crippen LogP contribution in [0.5, 0.6) is 5.75 Å². The lowest BCUT2D eigenvalue weighted by molar-refractivity contribution is 0.0778. The number of ether oxygens (including phenoxy) is 1. The standard InChI is InChI=1S/C18H22FN3O2/c1-13-11-16(20-21(13)2)18(23)22-9-7-14(12-22)8-10-24-17-6-4-3-5-15(17)19/h3-6,11,14H,7-10,12H2,1-2H3. The van der Waals surface area contributed by atoms with E-state index in [4.69, 9.17) is 4.74 Å². The van der Waals surface area contributed by atoms with Crippen LogP contribution in [-0.2, 0) is 7.05 Å². The molecule has 0 aliphatic carbocycles. The summed E-state index contributed by atoms with van der Waals surface area (Å²) in [7, 11) is 1.83. The second kappa shape index (κ2) is 7.03. The van der Waals surface area contributed by atoms with Crippen LogP contribution in [0.4, 0.5) is 4.39 Å². The molecule has 6 heteroatoms. The summed E-state index contributed by atoms with van der Waals surface area (Å²) in [6, 6.07) is 8.23. The minimum Gasteiger partial charge on any atom is -0.491 e. The first-order valence-corrected chi connectivity index (χ1v) is 8.22. The third kappa shape index (κ3) is 3.58. The van der Waals surface area contributed by atoms with Crippen molar-refractivity contribution in [3.05, 3.63) is 47.5 Å². The molecule has 0 saturated carbocycles. The van der Waals surface area contributed by atoms with Crippen LogP contribution < -0.4 is 4.74 Å². The molecular formula is C18H22FN3O2. The van der Waals surface area contributed by atoms with Gasteiger partial charge in [-0.2, -0.15) is 5.10 Å². The lowest BCUT2D eigenvalue weighted by atomic mass is 10.1. The number of carbonyl (C=O) groups is 1. The van der Waals surface area contributed by atoms with Crippen LogP contribution in [0.25, 0.3) is 0 Å². The lowest BCUT2D eigenvalue weighted by Crippen LogP contribution is -2.29. The van der Waals surface area contributed by atoms with Gasteiger partial charge in [0.1, 0.15) is 0 Å². The van der Waals surface area contributed by atoms with Gasteiger partial charge < -0.3 is 9.64 Å². The molecule has 0 spiro atoms. The third-order valence-corrected chi connectivity index (χ3v) is 4.53.